The Hall–Kier alpha value is -0.480. The summed E-state index contributed by atoms with van der Waals surface area (Å²) in [5.74, 6) is 0.00574. The molecule has 0 saturated carbocycles. The molecule has 0 aromatic rings. The summed E-state index contributed by atoms with van der Waals surface area (Å²) in [5, 5.41) is 20.4. The van der Waals surface area contributed by atoms with Crippen LogP contribution in [0.25, 0.3) is 10.4 Å². The molecule has 0 aliphatic carbocycles. The molecule has 0 aliphatic rings. The zero-order chi connectivity index (χ0) is 7.98. The minimum atomic E-state index is -1.06. The number of hydrogen-bond donors (Lipinski definition) is 2. The van der Waals surface area contributed by atoms with Gasteiger partial charge in [-0.1, -0.05) is 5.11 Å². The summed E-state index contributed by atoms with van der Waals surface area (Å²) in [5.41, 5.74) is 7.92. The Labute approximate surface area is 62.9 Å². The first-order valence-corrected chi connectivity index (χ1v) is 3.18. The Kier molecular flexibility index (Phi) is 5.06. The molecule has 0 saturated heterocycles. The van der Waals surface area contributed by atoms with Gasteiger partial charge in [0.2, 0.25) is 0 Å². The second-order valence-electron chi connectivity index (χ2n) is 1.68. The summed E-state index contributed by atoms with van der Waals surface area (Å²) in [4.78, 5) is 2.45. The molecule has 0 unspecified atom stereocenters. The van der Waals surface area contributed by atoms with Crippen molar-refractivity contribution in [3.05, 3.63) is 10.4 Å². The molecule has 6 heteroatoms. The summed E-state index contributed by atoms with van der Waals surface area (Å²) < 4.78 is 0. The van der Waals surface area contributed by atoms with Gasteiger partial charge in [-0.25, -0.2) is 0 Å². The highest BCUT2D eigenvalue weighted by Gasteiger charge is 2.14. The van der Waals surface area contributed by atoms with Gasteiger partial charge in [0, 0.05) is 10.8 Å². The third kappa shape index (κ3) is 2.89. The standard InChI is InChI=1S/C4H8ClN3O2/c5-1-3(7-8-6)4(10)2-9/h3-4,9-10H,1-2H2/t3-,4+/m0/s1. The summed E-state index contributed by atoms with van der Waals surface area (Å²) >= 11 is 5.28. The molecule has 0 fully saturated rings. The molecule has 0 spiro atoms. The summed E-state index contributed by atoms with van der Waals surface area (Å²) in [7, 11) is 0. The van der Waals surface area contributed by atoms with Gasteiger partial charge in [-0.05, 0) is 5.53 Å². The number of alkyl halides is 1. The predicted molar refractivity (Wildman–Crippen MR) is 36.7 cm³/mol. The Morgan fingerprint density at radius 2 is 2.30 bits per heavy atom. The Bertz CT molecular complexity index is 136. The first-order valence-electron chi connectivity index (χ1n) is 2.65. The first-order chi connectivity index (χ1) is 4.76. The molecule has 0 radical (unpaired) electrons. The van der Waals surface area contributed by atoms with Crippen LogP contribution in [-0.4, -0.2) is 34.8 Å². The number of aliphatic hydroxyl groups excluding tert-OH is 2. The van der Waals surface area contributed by atoms with Crippen molar-refractivity contribution in [3.63, 3.8) is 0 Å². The van der Waals surface area contributed by atoms with Crippen molar-refractivity contribution in [2.24, 2.45) is 5.11 Å². The van der Waals surface area contributed by atoms with Crippen LogP contribution in [0.4, 0.5) is 0 Å². The topological polar surface area (TPSA) is 89.2 Å². The zero-order valence-electron chi connectivity index (χ0n) is 5.18. The molecule has 0 rings (SSSR count). The maximum atomic E-state index is 8.85. The molecule has 0 aromatic carbocycles. The van der Waals surface area contributed by atoms with Crippen LogP contribution < -0.4 is 0 Å². The molecule has 0 amide bonds. The zero-order valence-corrected chi connectivity index (χ0v) is 5.94. The lowest BCUT2D eigenvalue weighted by atomic mass is 10.2. The lowest BCUT2D eigenvalue weighted by molar-refractivity contribution is 0.0798. The van der Waals surface area contributed by atoms with E-state index in [-0.39, 0.29) is 5.88 Å². The van der Waals surface area contributed by atoms with Crippen molar-refractivity contribution in [1.29, 1.82) is 0 Å². The predicted octanol–water partition coefficient (Wildman–Crippen LogP) is 0.257. The molecule has 58 valence electrons. The molecule has 2 N–H and O–H groups in total. The van der Waals surface area contributed by atoms with Crippen LogP contribution in [0, 0.1) is 0 Å². The van der Waals surface area contributed by atoms with Gasteiger partial charge in [0.05, 0.1) is 18.8 Å². The van der Waals surface area contributed by atoms with Gasteiger partial charge in [-0.3, -0.25) is 0 Å². The molecule has 2 atom stereocenters. The van der Waals surface area contributed by atoms with Gasteiger partial charge in [-0.2, -0.15) is 0 Å². The fraction of sp³-hybridized carbons (Fsp3) is 1.00. The van der Waals surface area contributed by atoms with Crippen LogP contribution in [0.5, 0.6) is 0 Å². The van der Waals surface area contributed by atoms with Crippen LogP contribution in [0.3, 0.4) is 0 Å². The van der Waals surface area contributed by atoms with E-state index in [4.69, 9.17) is 27.3 Å². The van der Waals surface area contributed by atoms with E-state index in [1.807, 2.05) is 0 Å². The number of nitrogens with zero attached hydrogens (tertiary/aromatic N) is 3. The van der Waals surface area contributed by atoms with E-state index >= 15 is 0 Å². The monoisotopic (exact) mass is 165 g/mol. The fourth-order valence-electron chi connectivity index (χ4n) is 0.399. The van der Waals surface area contributed by atoms with Crippen molar-refractivity contribution >= 4 is 11.6 Å². The van der Waals surface area contributed by atoms with Crippen molar-refractivity contribution in [3.8, 4) is 0 Å². The van der Waals surface area contributed by atoms with Gasteiger partial charge in [0.1, 0.15) is 0 Å². The fourth-order valence-corrected chi connectivity index (χ4v) is 0.666. The highest BCUT2D eigenvalue weighted by molar-refractivity contribution is 6.18. The second-order valence-corrected chi connectivity index (χ2v) is 1.99. The normalized spacial score (nSPS) is 15.5. The number of hydrogen-bond acceptors (Lipinski definition) is 3. The number of azide groups is 1. The minimum absolute atomic E-state index is 0.00574. The van der Waals surface area contributed by atoms with Crippen LogP contribution in [-0.2, 0) is 0 Å². The van der Waals surface area contributed by atoms with Crippen LogP contribution in [0.15, 0.2) is 5.11 Å². The summed E-state index contributed by atoms with van der Waals surface area (Å²) in [6.45, 7) is -0.448. The molecule has 0 aromatic heterocycles. The molecule has 5 nitrogen and oxygen atoms in total. The average molecular weight is 166 g/mol. The number of aliphatic hydroxyl groups is 2. The molecule has 0 aliphatic heterocycles. The Balaban J connectivity index is 3.91. The van der Waals surface area contributed by atoms with E-state index in [9.17, 15) is 0 Å². The molecule has 0 heterocycles. The average Bonchev–Trinajstić information content (AvgIpc) is 1.99. The maximum Gasteiger partial charge on any atom is 0.0867 e. The van der Waals surface area contributed by atoms with Crippen molar-refractivity contribution in [1.82, 2.24) is 0 Å². The van der Waals surface area contributed by atoms with E-state index in [1.165, 1.54) is 0 Å². The van der Waals surface area contributed by atoms with Crippen LogP contribution in [0.2, 0.25) is 0 Å². The van der Waals surface area contributed by atoms with E-state index in [2.05, 4.69) is 10.0 Å². The van der Waals surface area contributed by atoms with Gasteiger partial charge in [0.25, 0.3) is 0 Å². The van der Waals surface area contributed by atoms with E-state index < -0.39 is 18.8 Å². The van der Waals surface area contributed by atoms with Crippen molar-refractivity contribution in [2.45, 2.75) is 12.1 Å². The molecule has 10 heavy (non-hydrogen) atoms. The van der Waals surface area contributed by atoms with E-state index in [0.29, 0.717) is 0 Å². The van der Waals surface area contributed by atoms with E-state index in [1.54, 1.807) is 0 Å². The third-order valence-electron chi connectivity index (χ3n) is 0.989. The third-order valence-corrected chi connectivity index (χ3v) is 1.31. The quantitative estimate of drug-likeness (QED) is 0.271. The second kappa shape index (κ2) is 5.32. The van der Waals surface area contributed by atoms with Gasteiger partial charge >= 0.3 is 0 Å². The maximum absolute atomic E-state index is 8.85. The van der Waals surface area contributed by atoms with Gasteiger partial charge in [0.15, 0.2) is 0 Å². The van der Waals surface area contributed by atoms with Crippen molar-refractivity contribution < 1.29 is 10.2 Å². The lowest BCUT2D eigenvalue weighted by Gasteiger charge is -2.11. The summed E-state index contributed by atoms with van der Waals surface area (Å²) in [6, 6.07) is -0.739. The van der Waals surface area contributed by atoms with E-state index in [0.717, 1.165) is 0 Å². The SMILES string of the molecule is [N-]=[N+]=N[C@@H](CCl)[C@H](O)CO. The van der Waals surface area contributed by atoms with Gasteiger partial charge < -0.3 is 10.2 Å². The minimum Gasteiger partial charge on any atom is -0.394 e. The smallest absolute Gasteiger partial charge is 0.0867 e. The molecular formula is C4H8ClN3O2. The van der Waals surface area contributed by atoms with Crippen LogP contribution in [0.1, 0.15) is 0 Å². The Morgan fingerprint density at radius 1 is 1.70 bits per heavy atom. The Morgan fingerprint density at radius 3 is 2.60 bits per heavy atom. The number of halogens is 1. The first kappa shape index (κ1) is 9.52. The summed E-state index contributed by atoms with van der Waals surface area (Å²) in [6.07, 6.45) is -1.06. The molecular weight excluding hydrogens is 158 g/mol. The van der Waals surface area contributed by atoms with Crippen molar-refractivity contribution in [2.75, 3.05) is 12.5 Å². The number of rotatable bonds is 4. The largest absolute Gasteiger partial charge is 0.394 e. The highest BCUT2D eigenvalue weighted by Crippen LogP contribution is 2.01. The van der Waals surface area contributed by atoms with Gasteiger partial charge in [-0.15, -0.1) is 11.6 Å². The molecule has 0 bridgehead atoms. The lowest BCUT2D eigenvalue weighted by Crippen LogP contribution is -2.28. The van der Waals surface area contributed by atoms with Crippen LogP contribution >= 0.6 is 11.6 Å². The highest BCUT2D eigenvalue weighted by atomic mass is 35.5.